The van der Waals surface area contributed by atoms with Crippen molar-refractivity contribution >= 4 is 19.8 Å². The average Bonchev–Trinajstić information content (AvgIpc) is 3.41. The van der Waals surface area contributed by atoms with Gasteiger partial charge in [0.1, 0.15) is 19.8 Å². The number of nitrogens with zero attached hydrogens (tertiary/aromatic N) is 1. The monoisotopic (exact) mass is 1130 g/mol. The summed E-state index contributed by atoms with van der Waals surface area (Å²) in [7, 11) is 1.49. The van der Waals surface area contributed by atoms with Gasteiger partial charge < -0.3 is 18.9 Å². The van der Waals surface area contributed by atoms with Crippen LogP contribution < -0.4 is 0 Å². The number of ether oxygens (including phenoxy) is 2. The molecule has 9 nitrogen and oxygen atoms in total. The number of hydrogen-bond acceptors (Lipinski definition) is 7. The maximum atomic E-state index is 12.9. The Morgan fingerprint density at radius 1 is 0.405 bits per heavy atom. The molecule has 460 valence electrons. The molecule has 2 atom stereocenters. The summed E-state index contributed by atoms with van der Waals surface area (Å²) in [6, 6.07) is 0. The number of hydrogen-bond donors (Lipinski definition) is 1. The average molecular weight is 1130 g/mol. The summed E-state index contributed by atoms with van der Waals surface area (Å²) in [6.07, 6.45) is 79.9. The van der Waals surface area contributed by atoms with Crippen LogP contribution in [0.25, 0.3) is 0 Å². The topological polar surface area (TPSA) is 108 Å². The van der Waals surface area contributed by atoms with E-state index in [0.717, 1.165) is 77.0 Å². The number of carbonyl (C=O) groups excluding carboxylic acids is 2. The van der Waals surface area contributed by atoms with Crippen LogP contribution in [0.2, 0.25) is 0 Å². The van der Waals surface area contributed by atoms with Gasteiger partial charge in [-0.2, -0.15) is 0 Å². The van der Waals surface area contributed by atoms with Gasteiger partial charge in [0.2, 0.25) is 0 Å². The van der Waals surface area contributed by atoms with E-state index in [-0.39, 0.29) is 25.6 Å². The van der Waals surface area contributed by atoms with Crippen LogP contribution in [0.4, 0.5) is 0 Å². The molecule has 0 spiro atoms. The third-order valence-electron chi connectivity index (χ3n) is 14.5. The SMILES string of the molecule is CC/C=C\C/C=C\C/C=C\C/C=C\C/C=C\C/C=C\CCCCCCCCCCCCCCCCC(=O)OC(COC(=O)CCCCCCCCCCCCCCCCCCCCCCCC)COP(=O)(O)OCC[N+](C)(C)C. The zero-order chi connectivity index (χ0) is 57.7. The molecule has 0 aromatic heterocycles. The largest absolute Gasteiger partial charge is 0.472 e. The summed E-state index contributed by atoms with van der Waals surface area (Å²) in [5, 5.41) is 0. The second-order valence-electron chi connectivity index (χ2n) is 23.5. The van der Waals surface area contributed by atoms with Crippen molar-refractivity contribution in [3.8, 4) is 0 Å². The molecule has 2 unspecified atom stereocenters. The van der Waals surface area contributed by atoms with Crippen LogP contribution in [0.1, 0.15) is 303 Å². The fourth-order valence-corrected chi connectivity index (χ4v) is 10.2. The lowest BCUT2D eigenvalue weighted by Crippen LogP contribution is -2.37. The van der Waals surface area contributed by atoms with Gasteiger partial charge in [-0.05, 0) is 64.2 Å². The lowest BCUT2D eigenvalue weighted by molar-refractivity contribution is -0.870. The summed E-state index contributed by atoms with van der Waals surface area (Å²) in [5.41, 5.74) is 0. The number of unbranched alkanes of at least 4 members (excludes halogenated alkanes) is 35. The van der Waals surface area contributed by atoms with E-state index in [9.17, 15) is 19.0 Å². The Morgan fingerprint density at radius 3 is 1.08 bits per heavy atom. The molecule has 0 amide bonds. The number of allylic oxidation sites excluding steroid dienone is 12. The van der Waals surface area contributed by atoms with E-state index in [1.807, 2.05) is 21.1 Å². The zero-order valence-electron chi connectivity index (χ0n) is 52.4. The van der Waals surface area contributed by atoms with E-state index in [4.69, 9.17) is 18.5 Å². The van der Waals surface area contributed by atoms with Gasteiger partial charge in [-0.25, -0.2) is 4.57 Å². The third kappa shape index (κ3) is 64.5. The number of esters is 2. The lowest BCUT2D eigenvalue weighted by Gasteiger charge is -2.24. The summed E-state index contributed by atoms with van der Waals surface area (Å²) >= 11 is 0. The van der Waals surface area contributed by atoms with Crippen molar-refractivity contribution in [2.45, 2.75) is 309 Å². The highest BCUT2D eigenvalue weighted by atomic mass is 31.2. The summed E-state index contributed by atoms with van der Waals surface area (Å²) in [5.74, 6) is -0.785. The molecule has 0 aliphatic rings. The smallest absolute Gasteiger partial charge is 0.462 e. The second-order valence-corrected chi connectivity index (χ2v) is 24.9. The van der Waals surface area contributed by atoms with Crippen LogP contribution in [-0.2, 0) is 32.7 Å². The number of likely N-dealkylation sites (N-methyl/N-ethyl adjacent to an activating group) is 1. The Kier molecular flexibility index (Phi) is 58.1. The zero-order valence-corrected chi connectivity index (χ0v) is 53.2. The first kappa shape index (κ1) is 76.5. The Balaban J connectivity index is 4.06. The van der Waals surface area contributed by atoms with Crippen molar-refractivity contribution in [1.82, 2.24) is 0 Å². The van der Waals surface area contributed by atoms with Crippen molar-refractivity contribution in [2.24, 2.45) is 0 Å². The maximum Gasteiger partial charge on any atom is 0.472 e. The van der Waals surface area contributed by atoms with Crippen molar-refractivity contribution < 1.29 is 42.1 Å². The molecule has 10 heteroatoms. The van der Waals surface area contributed by atoms with Crippen molar-refractivity contribution in [2.75, 3.05) is 47.5 Å². The first-order valence-corrected chi connectivity index (χ1v) is 34.7. The number of rotatable bonds is 61. The Hall–Kier alpha value is -2.55. The molecule has 0 aliphatic carbocycles. The molecule has 0 aromatic rings. The predicted octanol–water partition coefficient (Wildman–Crippen LogP) is 21.2. The minimum absolute atomic E-state index is 0.0317. The first-order chi connectivity index (χ1) is 38.5. The van der Waals surface area contributed by atoms with Gasteiger partial charge in [0.25, 0.3) is 0 Å². The molecule has 0 aromatic carbocycles. The molecular formula is C69H127NO8P+. The standard InChI is InChI=1S/C69H126NO8P/c1-6-8-10-12-14-16-18-20-22-24-26-28-30-31-32-33-34-35-36-37-38-39-40-42-44-46-48-50-52-54-56-58-60-62-69(72)78-67(66-77-79(73,74)76-64-63-70(3,4)5)65-75-68(71)61-59-57-55-53-51-49-47-45-43-41-29-27-25-23-21-19-17-15-13-11-9-7-2/h8,10,14,16,20,22,26,28,31-32,34-35,67H,6-7,9,11-13,15,17-19,21,23-25,27,29-30,33,36-66H2,1-5H3/p+1/b10-8-,16-14-,22-20-,28-26-,32-31-,35-34-. The summed E-state index contributed by atoms with van der Waals surface area (Å²) < 4.78 is 34.7. The van der Waals surface area contributed by atoms with E-state index in [1.165, 1.54) is 193 Å². The van der Waals surface area contributed by atoms with Gasteiger partial charge in [0, 0.05) is 12.8 Å². The van der Waals surface area contributed by atoms with Gasteiger partial charge in [-0.1, -0.05) is 299 Å². The predicted molar refractivity (Wildman–Crippen MR) is 339 cm³/mol. The van der Waals surface area contributed by atoms with E-state index >= 15 is 0 Å². The fourth-order valence-electron chi connectivity index (χ4n) is 9.43. The summed E-state index contributed by atoms with van der Waals surface area (Å²) in [6.45, 7) is 4.37. The highest BCUT2D eigenvalue weighted by Crippen LogP contribution is 2.43. The van der Waals surface area contributed by atoms with Crippen molar-refractivity contribution in [3.63, 3.8) is 0 Å². The Morgan fingerprint density at radius 2 is 0.722 bits per heavy atom. The fraction of sp³-hybridized carbons (Fsp3) is 0.797. The Labute approximate surface area is 489 Å². The van der Waals surface area contributed by atoms with E-state index < -0.39 is 26.5 Å². The van der Waals surface area contributed by atoms with E-state index in [2.05, 4.69) is 86.8 Å². The molecule has 0 fully saturated rings. The van der Waals surface area contributed by atoms with Crippen LogP contribution in [0.3, 0.4) is 0 Å². The van der Waals surface area contributed by atoms with Crippen LogP contribution in [0.5, 0.6) is 0 Å². The van der Waals surface area contributed by atoms with Crippen LogP contribution in [0.15, 0.2) is 72.9 Å². The number of phosphoric acid groups is 1. The van der Waals surface area contributed by atoms with Gasteiger partial charge in [-0.15, -0.1) is 0 Å². The molecule has 0 aliphatic heterocycles. The highest BCUT2D eigenvalue weighted by molar-refractivity contribution is 7.47. The first-order valence-electron chi connectivity index (χ1n) is 33.2. The molecule has 0 rings (SSSR count). The molecule has 0 heterocycles. The summed E-state index contributed by atoms with van der Waals surface area (Å²) in [4.78, 5) is 35.8. The molecular weight excluding hydrogens is 1000 g/mol. The minimum atomic E-state index is -4.39. The van der Waals surface area contributed by atoms with Crippen molar-refractivity contribution in [3.05, 3.63) is 72.9 Å². The van der Waals surface area contributed by atoms with Crippen LogP contribution in [0, 0.1) is 0 Å². The minimum Gasteiger partial charge on any atom is -0.462 e. The van der Waals surface area contributed by atoms with Crippen LogP contribution in [-0.4, -0.2) is 74.9 Å². The van der Waals surface area contributed by atoms with Gasteiger partial charge in [0.05, 0.1) is 27.7 Å². The molecule has 0 saturated carbocycles. The maximum absolute atomic E-state index is 12.9. The third-order valence-corrected chi connectivity index (χ3v) is 15.5. The molecule has 0 saturated heterocycles. The molecule has 0 radical (unpaired) electrons. The molecule has 0 bridgehead atoms. The van der Waals surface area contributed by atoms with Crippen LogP contribution >= 0.6 is 7.82 Å². The highest BCUT2D eigenvalue weighted by Gasteiger charge is 2.27. The van der Waals surface area contributed by atoms with Crippen molar-refractivity contribution in [1.29, 1.82) is 0 Å². The van der Waals surface area contributed by atoms with Gasteiger partial charge >= 0.3 is 19.8 Å². The molecule has 79 heavy (non-hydrogen) atoms. The number of quaternary nitrogens is 1. The van der Waals surface area contributed by atoms with Gasteiger partial charge in [0.15, 0.2) is 6.10 Å². The van der Waals surface area contributed by atoms with E-state index in [1.54, 1.807) is 0 Å². The number of phosphoric ester groups is 1. The molecule has 1 N–H and O–H groups in total. The quantitative estimate of drug-likeness (QED) is 0.0211. The van der Waals surface area contributed by atoms with Gasteiger partial charge in [-0.3, -0.25) is 18.6 Å². The van der Waals surface area contributed by atoms with E-state index in [0.29, 0.717) is 23.9 Å². The normalized spacial score (nSPS) is 13.6. The second kappa shape index (κ2) is 60.1. The lowest BCUT2D eigenvalue weighted by atomic mass is 10.0. The number of carbonyl (C=O) groups is 2. The Bertz CT molecular complexity index is 1560.